The fourth-order valence-corrected chi connectivity index (χ4v) is 3.92. The van der Waals surface area contributed by atoms with Crippen LogP contribution in [0.2, 0.25) is 0 Å². The second-order valence-corrected chi connectivity index (χ2v) is 8.23. The van der Waals surface area contributed by atoms with Gasteiger partial charge in [-0.25, -0.2) is 4.79 Å². The predicted octanol–water partition coefficient (Wildman–Crippen LogP) is 1.24. The molecule has 8 nitrogen and oxygen atoms in total. The monoisotopic (exact) mass is 440 g/mol. The van der Waals surface area contributed by atoms with Gasteiger partial charge in [0.25, 0.3) is 0 Å². The van der Waals surface area contributed by atoms with Crippen LogP contribution in [0.25, 0.3) is 0 Å². The number of carbonyl (C=O) groups is 2. The summed E-state index contributed by atoms with van der Waals surface area (Å²) in [7, 11) is 3.51. The van der Waals surface area contributed by atoms with Gasteiger partial charge in [0.2, 0.25) is 5.91 Å². The molecule has 0 aliphatic carbocycles. The number of alkyl halides is 3. The average molecular weight is 440 g/mol. The van der Waals surface area contributed by atoms with E-state index in [4.69, 9.17) is 24.1 Å². The van der Waals surface area contributed by atoms with E-state index in [0.29, 0.717) is 12.5 Å². The molecule has 0 radical (unpaired) electrons. The van der Waals surface area contributed by atoms with Crippen molar-refractivity contribution in [1.29, 1.82) is 0 Å². The predicted molar refractivity (Wildman–Crippen MR) is 100.0 cm³/mol. The third kappa shape index (κ3) is 7.07. The van der Waals surface area contributed by atoms with E-state index in [-0.39, 0.29) is 18.1 Å². The first kappa shape index (κ1) is 24.8. The van der Waals surface area contributed by atoms with Crippen LogP contribution in [-0.4, -0.2) is 105 Å². The van der Waals surface area contributed by atoms with E-state index in [1.54, 1.807) is 19.0 Å². The summed E-state index contributed by atoms with van der Waals surface area (Å²) in [5.41, 5.74) is -0.0215. The third-order valence-corrected chi connectivity index (χ3v) is 5.73. The van der Waals surface area contributed by atoms with Gasteiger partial charge in [-0.15, -0.1) is 0 Å². The molecule has 3 heterocycles. The molecular weight excluding hydrogens is 409 g/mol. The topological polar surface area (TPSA) is 88.5 Å². The van der Waals surface area contributed by atoms with Gasteiger partial charge in [-0.1, -0.05) is 0 Å². The average Bonchev–Trinajstić information content (AvgIpc) is 3.05. The van der Waals surface area contributed by atoms with Crippen molar-refractivity contribution in [1.82, 2.24) is 9.80 Å². The van der Waals surface area contributed by atoms with E-state index in [9.17, 15) is 18.0 Å². The molecule has 30 heavy (non-hydrogen) atoms. The molecule has 1 N–H and O–H groups in total. The van der Waals surface area contributed by atoms with Gasteiger partial charge in [0, 0.05) is 59.5 Å². The molecule has 1 unspecified atom stereocenters. The number of carbonyl (C=O) groups excluding carboxylic acids is 1. The van der Waals surface area contributed by atoms with Crippen LogP contribution in [-0.2, 0) is 23.8 Å². The molecule has 11 heteroatoms. The Bertz CT molecular complexity index is 575. The Balaban J connectivity index is 0.000000396. The second-order valence-electron chi connectivity index (χ2n) is 8.23. The first-order valence-electron chi connectivity index (χ1n) is 10.1. The highest BCUT2D eigenvalue weighted by atomic mass is 19.4. The number of likely N-dealkylation sites (tertiary alicyclic amines) is 1. The van der Waals surface area contributed by atoms with Crippen LogP contribution in [0.15, 0.2) is 0 Å². The zero-order valence-electron chi connectivity index (χ0n) is 17.4. The van der Waals surface area contributed by atoms with Gasteiger partial charge >= 0.3 is 12.1 Å². The van der Waals surface area contributed by atoms with Crippen LogP contribution in [0.3, 0.4) is 0 Å². The molecule has 0 bridgehead atoms. The maximum absolute atomic E-state index is 11.6. The Morgan fingerprint density at radius 1 is 1.17 bits per heavy atom. The van der Waals surface area contributed by atoms with Crippen molar-refractivity contribution in [3.8, 4) is 0 Å². The lowest BCUT2D eigenvalue weighted by atomic mass is 9.80. The summed E-state index contributed by atoms with van der Waals surface area (Å²) in [5, 5.41) is 7.12. The fraction of sp³-hybridized carbons (Fsp3) is 0.895. The van der Waals surface area contributed by atoms with Gasteiger partial charge in [-0.05, 0) is 25.2 Å². The number of hydrogen-bond donors (Lipinski definition) is 1. The first-order valence-corrected chi connectivity index (χ1v) is 10.1. The third-order valence-electron chi connectivity index (χ3n) is 5.73. The van der Waals surface area contributed by atoms with Crippen LogP contribution >= 0.6 is 0 Å². The standard InChI is InChI=1S/C17H30N2O4.C2HF3O2/c1-18(2)16(20)11-22-10-15-5-8-23-17(15)12-19(13-17)9-14-3-6-21-7-4-14;3-2(4,5)1(6)7/h14-15H,3-13H2,1-2H3;(H,6,7). The number of amides is 1. The molecule has 0 saturated carbocycles. The van der Waals surface area contributed by atoms with E-state index < -0.39 is 12.1 Å². The van der Waals surface area contributed by atoms with Gasteiger partial charge in [-0.3, -0.25) is 9.69 Å². The van der Waals surface area contributed by atoms with Crippen molar-refractivity contribution in [3.63, 3.8) is 0 Å². The highest BCUT2D eigenvalue weighted by Crippen LogP contribution is 2.40. The van der Waals surface area contributed by atoms with Gasteiger partial charge < -0.3 is 24.2 Å². The minimum Gasteiger partial charge on any atom is -0.475 e. The number of carboxylic acid groups (broad SMARTS) is 1. The Morgan fingerprint density at radius 2 is 1.77 bits per heavy atom. The van der Waals surface area contributed by atoms with Crippen LogP contribution in [0.4, 0.5) is 13.2 Å². The number of carboxylic acids is 1. The Labute approximate surface area is 174 Å². The van der Waals surface area contributed by atoms with Crippen molar-refractivity contribution in [2.24, 2.45) is 11.8 Å². The molecule has 3 aliphatic rings. The van der Waals surface area contributed by atoms with Gasteiger partial charge in [0.15, 0.2) is 0 Å². The molecular formula is C19H31F3N2O6. The molecule has 3 aliphatic heterocycles. The first-order chi connectivity index (χ1) is 14.0. The van der Waals surface area contributed by atoms with E-state index in [2.05, 4.69) is 4.90 Å². The molecule has 3 saturated heterocycles. The number of aliphatic carboxylic acids is 1. The van der Waals surface area contributed by atoms with Gasteiger partial charge in [-0.2, -0.15) is 13.2 Å². The lowest BCUT2D eigenvalue weighted by Crippen LogP contribution is -2.66. The smallest absolute Gasteiger partial charge is 0.475 e. The van der Waals surface area contributed by atoms with Crippen molar-refractivity contribution in [3.05, 3.63) is 0 Å². The SMILES string of the molecule is CN(C)C(=O)COCC1CCOC12CN(CC1CCOCC1)C2.O=C(O)C(F)(F)F. The summed E-state index contributed by atoms with van der Waals surface area (Å²) in [6.45, 7) is 6.64. The quantitative estimate of drug-likeness (QED) is 0.665. The molecule has 1 spiro atoms. The molecule has 3 fully saturated rings. The summed E-state index contributed by atoms with van der Waals surface area (Å²) in [4.78, 5) is 24.6. The Hall–Kier alpha value is -1.43. The number of nitrogens with zero attached hydrogens (tertiary/aromatic N) is 2. The largest absolute Gasteiger partial charge is 0.490 e. The minimum absolute atomic E-state index is 0.0210. The number of hydrogen-bond acceptors (Lipinski definition) is 6. The fourth-order valence-electron chi connectivity index (χ4n) is 3.92. The van der Waals surface area contributed by atoms with Crippen LogP contribution in [0, 0.1) is 11.8 Å². The summed E-state index contributed by atoms with van der Waals surface area (Å²) in [5.74, 6) is -1.54. The summed E-state index contributed by atoms with van der Waals surface area (Å²) < 4.78 is 48.9. The van der Waals surface area contributed by atoms with E-state index in [1.165, 1.54) is 19.4 Å². The Kier molecular flexibility index (Phi) is 8.89. The summed E-state index contributed by atoms with van der Waals surface area (Å²) >= 11 is 0. The Morgan fingerprint density at radius 3 is 2.30 bits per heavy atom. The van der Waals surface area contributed by atoms with Crippen molar-refractivity contribution < 1.29 is 42.1 Å². The van der Waals surface area contributed by atoms with Crippen LogP contribution in [0.5, 0.6) is 0 Å². The maximum Gasteiger partial charge on any atom is 0.490 e. The number of likely N-dealkylation sites (N-methyl/N-ethyl adjacent to an activating group) is 1. The lowest BCUT2D eigenvalue weighted by molar-refractivity contribution is -0.192. The maximum atomic E-state index is 11.6. The van der Waals surface area contributed by atoms with Gasteiger partial charge in [0.1, 0.15) is 6.61 Å². The zero-order valence-corrected chi connectivity index (χ0v) is 17.4. The van der Waals surface area contributed by atoms with E-state index in [0.717, 1.165) is 45.2 Å². The van der Waals surface area contributed by atoms with E-state index in [1.807, 2.05) is 0 Å². The summed E-state index contributed by atoms with van der Waals surface area (Å²) in [6.07, 6.45) is -1.67. The van der Waals surface area contributed by atoms with Crippen LogP contribution in [0.1, 0.15) is 19.3 Å². The van der Waals surface area contributed by atoms with Crippen molar-refractivity contribution in [2.75, 3.05) is 66.8 Å². The minimum atomic E-state index is -5.08. The molecule has 1 atom stereocenters. The molecule has 174 valence electrons. The van der Waals surface area contributed by atoms with Crippen molar-refractivity contribution in [2.45, 2.75) is 31.0 Å². The second kappa shape index (κ2) is 10.7. The number of rotatable bonds is 6. The molecule has 1 amide bonds. The normalized spacial score (nSPS) is 24.1. The van der Waals surface area contributed by atoms with E-state index >= 15 is 0 Å². The molecule has 0 aromatic rings. The lowest BCUT2D eigenvalue weighted by Gasteiger charge is -2.51. The van der Waals surface area contributed by atoms with Gasteiger partial charge in [0.05, 0.1) is 12.2 Å². The number of ether oxygens (including phenoxy) is 3. The zero-order chi connectivity index (χ0) is 22.4. The molecule has 3 rings (SSSR count). The molecule has 0 aromatic heterocycles. The molecule has 0 aromatic carbocycles. The summed E-state index contributed by atoms with van der Waals surface area (Å²) in [6, 6.07) is 0. The van der Waals surface area contributed by atoms with Crippen LogP contribution < -0.4 is 0 Å². The number of halogens is 3. The highest BCUT2D eigenvalue weighted by Gasteiger charge is 2.53. The van der Waals surface area contributed by atoms with Crippen molar-refractivity contribution >= 4 is 11.9 Å². The highest BCUT2D eigenvalue weighted by molar-refractivity contribution is 5.76.